The van der Waals surface area contributed by atoms with Crippen molar-refractivity contribution < 1.29 is 0 Å². The summed E-state index contributed by atoms with van der Waals surface area (Å²) in [5.74, 6) is 0. The van der Waals surface area contributed by atoms with E-state index in [-0.39, 0.29) is 5.43 Å². The summed E-state index contributed by atoms with van der Waals surface area (Å²) in [6, 6.07) is 15.6. The van der Waals surface area contributed by atoms with Gasteiger partial charge in [-0.05, 0) is 30.3 Å². The van der Waals surface area contributed by atoms with E-state index < -0.39 is 0 Å². The molecule has 0 aliphatic heterocycles. The van der Waals surface area contributed by atoms with Crippen molar-refractivity contribution in [3.05, 3.63) is 65.0 Å². The first-order valence-corrected chi connectivity index (χ1v) is 6.85. The van der Waals surface area contributed by atoms with Crippen LogP contribution in [0.25, 0.3) is 31.1 Å². The lowest BCUT2D eigenvalue weighted by molar-refractivity contribution is 1.42. The van der Waals surface area contributed by atoms with Crippen LogP contribution in [0.1, 0.15) is 0 Å². The predicted molar refractivity (Wildman–Crippen MR) is 80.9 cm³/mol. The number of hydrogen-bond donors (Lipinski definition) is 0. The Morgan fingerprint density at radius 2 is 1.68 bits per heavy atom. The molecule has 2 nitrogen and oxygen atoms in total. The van der Waals surface area contributed by atoms with Crippen molar-refractivity contribution in [2.45, 2.75) is 0 Å². The van der Waals surface area contributed by atoms with Crippen LogP contribution in [0.15, 0.2) is 59.5 Å². The lowest BCUT2D eigenvalue weighted by atomic mass is 10.1. The van der Waals surface area contributed by atoms with Gasteiger partial charge in [-0.2, -0.15) is 0 Å². The minimum atomic E-state index is 0.1000. The van der Waals surface area contributed by atoms with Gasteiger partial charge in [0.15, 0.2) is 5.43 Å². The molecular formula is C16H9NOS. The van der Waals surface area contributed by atoms with Gasteiger partial charge in [-0.25, -0.2) is 0 Å². The fraction of sp³-hybridized carbons (Fsp3) is 0. The molecule has 0 saturated heterocycles. The number of aromatic nitrogens is 1. The summed E-state index contributed by atoms with van der Waals surface area (Å²) < 4.78 is 2.05. The van der Waals surface area contributed by atoms with Gasteiger partial charge in [0.1, 0.15) is 0 Å². The second-order valence-corrected chi connectivity index (χ2v) is 5.52. The molecule has 0 amide bonds. The maximum atomic E-state index is 12.7. The fourth-order valence-electron chi connectivity index (χ4n) is 2.45. The average Bonchev–Trinajstić information content (AvgIpc) is 2.47. The van der Waals surface area contributed by atoms with Crippen LogP contribution < -0.4 is 5.43 Å². The normalized spacial score (nSPS) is 11.4. The number of benzene rings is 2. The van der Waals surface area contributed by atoms with Gasteiger partial charge >= 0.3 is 0 Å². The third-order valence-corrected chi connectivity index (χ3v) is 4.46. The Bertz CT molecular complexity index is 988. The highest BCUT2D eigenvalue weighted by atomic mass is 32.1. The Morgan fingerprint density at radius 3 is 2.63 bits per heavy atom. The van der Waals surface area contributed by atoms with Gasteiger partial charge in [0.25, 0.3) is 0 Å². The van der Waals surface area contributed by atoms with E-state index in [9.17, 15) is 4.79 Å². The van der Waals surface area contributed by atoms with E-state index in [1.54, 1.807) is 17.5 Å². The van der Waals surface area contributed by atoms with Crippen LogP contribution >= 0.6 is 11.3 Å². The summed E-state index contributed by atoms with van der Waals surface area (Å²) in [5.41, 5.74) is 0.970. The molecule has 2 heterocycles. The van der Waals surface area contributed by atoms with Gasteiger partial charge in [0, 0.05) is 31.8 Å². The molecule has 19 heavy (non-hydrogen) atoms. The highest BCUT2D eigenvalue weighted by Crippen LogP contribution is 2.28. The maximum Gasteiger partial charge on any atom is 0.196 e. The van der Waals surface area contributed by atoms with E-state index in [1.807, 2.05) is 48.5 Å². The standard InChI is InChI=1S/C16H9NOS/c18-16-11-4-1-2-6-13(11)19-14-8-7-12-10(15(14)16)5-3-9-17-12/h1-9H. The Kier molecular flexibility index (Phi) is 2.17. The Morgan fingerprint density at radius 1 is 0.842 bits per heavy atom. The fourth-order valence-corrected chi connectivity index (χ4v) is 3.54. The van der Waals surface area contributed by atoms with Gasteiger partial charge in [0.2, 0.25) is 0 Å². The number of pyridine rings is 1. The summed E-state index contributed by atoms with van der Waals surface area (Å²) in [7, 11) is 0. The van der Waals surface area contributed by atoms with Crippen LogP contribution in [0.2, 0.25) is 0 Å². The van der Waals surface area contributed by atoms with Crippen molar-refractivity contribution in [1.82, 2.24) is 4.98 Å². The molecule has 4 aromatic rings. The number of hydrogen-bond acceptors (Lipinski definition) is 3. The lowest BCUT2D eigenvalue weighted by Crippen LogP contribution is -2.01. The van der Waals surface area contributed by atoms with Crippen molar-refractivity contribution in [2.75, 3.05) is 0 Å². The van der Waals surface area contributed by atoms with E-state index in [1.165, 1.54) is 0 Å². The molecule has 2 aromatic heterocycles. The zero-order valence-electron chi connectivity index (χ0n) is 9.96. The molecular weight excluding hydrogens is 254 g/mol. The Labute approximate surface area is 113 Å². The quantitative estimate of drug-likeness (QED) is 0.355. The van der Waals surface area contributed by atoms with E-state index in [0.717, 1.165) is 31.1 Å². The molecule has 4 rings (SSSR count). The molecule has 0 fully saturated rings. The first-order valence-electron chi connectivity index (χ1n) is 6.04. The van der Waals surface area contributed by atoms with E-state index in [2.05, 4.69) is 4.98 Å². The minimum absolute atomic E-state index is 0.1000. The second-order valence-electron chi connectivity index (χ2n) is 4.44. The molecule has 0 spiro atoms. The van der Waals surface area contributed by atoms with Crippen LogP contribution in [-0.4, -0.2) is 4.98 Å². The molecule has 90 valence electrons. The molecule has 0 unspecified atom stereocenters. The van der Waals surface area contributed by atoms with Crippen LogP contribution in [0.5, 0.6) is 0 Å². The van der Waals surface area contributed by atoms with Crippen molar-refractivity contribution in [3.8, 4) is 0 Å². The molecule has 0 saturated carbocycles. The first-order chi connectivity index (χ1) is 9.34. The highest BCUT2D eigenvalue weighted by Gasteiger charge is 2.08. The first kappa shape index (κ1) is 10.6. The summed E-state index contributed by atoms with van der Waals surface area (Å²) in [5, 5.41) is 2.51. The van der Waals surface area contributed by atoms with Gasteiger partial charge in [0.05, 0.1) is 5.52 Å². The molecule has 0 atom stereocenters. The molecule has 0 bridgehead atoms. The Balaban J connectivity index is 2.37. The van der Waals surface area contributed by atoms with E-state index in [0.29, 0.717) is 0 Å². The molecule has 0 aliphatic carbocycles. The number of fused-ring (bicyclic) bond motifs is 4. The summed E-state index contributed by atoms with van der Waals surface area (Å²) in [6.45, 7) is 0. The number of nitrogens with zero attached hydrogens (tertiary/aromatic N) is 1. The highest BCUT2D eigenvalue weighted by molar-refractivity contribution is 7.24. The van der Waals surface area contributed by atoms with Gasteiger partial charge in [-0.15, -0.1) is 11.3 Å². The zero-order chi connectivity index (χ0) is 12.8. The predicted octanol–water partition coefficient (Wildman–Crippen LogP) is 3.96. The van der Waals surface area contributed by atoms with Crippen molar-refractivity contribution in [3.63, 3.8) is 0 Å². The SMILES string of the molecule is O=c1c2ccccc2sc2ccc3ncccc3c12. The van der Waals surface area contributed by atoms with Crippen molar-refractivity contribution >= 4 is 42.4 Å². The van der Waals surface area contributed by atoms with Crippen molar-refractivity contribution in [2.24, 2.45) is 0 Å². The van der Waals surface area contributed by atoms with Crippen LogP contribution in [0.3, 0.4) is 0 Å². The summed E-state index contributed by atoms with van der Waals surface area (Å²) in [6.07, 6.45) is 1.75. The van der Waals surface area contributed by atoms with E-state index in [4.69, 9.17) is 0 Å². The van der Waals surface area contributed by atoms with Crippen molar-refractivity contribution in [1.29, 1.82) is 0 Å². The molecule has 2 aromatic carbocycles. The van der Waals surface area contributed by atoms with Gasteiger partial charge in [-0.3, -0.25) is 9.78 Å². The summed E-state index contributed by atoms with van der Waals surface area (Å²) >= 11 is 1.65. The third-order valence-electron chi connectivity index (χ3n) is 3.33. The van der Waals surface area contributed by atoms with Gasteiger partial charge in [-0.1, -0.05) is 18.2 Å². The smallest absolute Gasteiger partial charge is 0.196 e. The topological polar surface area (TPSA) is 30.0 Å². The average molecular weight is 263 g/mol. The second kappa shape index (κ2) is 3.87. The third kappa shape index (κ3) is 1.48. The molecule has 0 radical (unpaired) electrons. The Hall–Kier alpha value is -2.26. The van der Waals surface area contributed by atoms with Crippen LogP contribution in [0.4, 0.5) is 0 Å². The number of rotatable bonds is 0. The largest absolute Gasteiger partial charge is 0.288 e. The summed E-state index contributed by atoms with van der Waals surface area (Å²) in [4.78, 5) is 17.0. The molecule has 0 N–H and O–H groups in total. The van der Waals surface area contributed by atoms with E-state index >= 15 is 0 Å². The minimum Gasteiger partial charge on any atom is -0.288 e. The van der Waals surface area contributed by atoms with Gasteiger partial charge < -0.3 is 0 Å². The molecule has 0 aliphatic rings. The zero-order valence-corrected chi connectivity index (χ0v) is 10.8. The van der Waals surface area contributed by atoms with Crippen LogP contribution in [0, 0.1) is 0 Å². The lowest BCUT2D eigenvalue weighted by Gasteiger charge is -2.03. The maximum absolute atomic E-state index is 12.7. The monoisotopic (exact) mass is 263 g/mol. The van der Waals surface area contributed by atoms with Crippen LogP contribution in [-0.2, 0) is 0 Å². The molecule has 3 heteroatoms.